The highest BCUT2D eigenvalue weighted by Crippen LogP contribution is 2.31. The lowest BCUT2D eigenvalue weighted by atomic mass is 9.93. The van der Waals surface area contributed by atoms with Crippen molar-refractivity contribution in [3.63, 3.8) is 0 Å². The Morgan fingerprint density at radius 1 is 0.952 bits per heavy atom. The summed E-state index contributed by atoms with van der Waals surface area (Å²) in [5, 5.41) is 10.2. The molecule has 3 fully saturated rings. The highest BCUT2D eigenvalue weighted by Gasteiger charge is 2.31. The number of piperazine rings is 1. The van der Waals surface area contributed by atoms with Crippen LogP contribution in [0.3, 0.4) is 0 Å². The zero-order valence-electron chi connectivity index (χ0n) is 22.9. The van der Waals surface area contributed by atoms with Crippen LogP contribution in [0.25, 0.3) is 11.3 Å². The number of aromatic nitrogens is 3. The number of likely N-dealkylation sites (tertiary alicyclic amines) is 1. The molecule has 224 valence electrons. The molecule has 1 aromatic carbocycles. The van der Waals surface area contributed by atoms with Crippen molar-refractivity contribution in [2.75, 3.05) is 44.2 Å². The van der Waals surface area contributed by atoms with Crippen LogP contribution < -0.4 is 9.64 Å². The lowest BCUT2D eigenvalue weighted by molar-refractivity contribution is -0.138. The monoisotopic (exact) mass is 612 g/mol. The lowest BCUT2D eigenvalue weighted by Gasteiger charge is -2.37. The summed E-state index contributed by atoms with van der Waals surface area (Å²) in [5.74, 6) is 1.19. The van der Waals surface area contributed by atoms with Crippen LogP contribution in [0.2, 0.25) is 10.0 Å². The largest absolute Gasteiger partial charge is 0.481 e. The van der Waals surface area contributed by atoms with Crippen molar-refractivity contribution in [1.82, 2.24) is 24.8 Å². The molecule has 0 aliphatic carbocycles. The van der Waals surface area contributed by atoms with E-state index in [2.05, 4.69) is 24.7 Å². The number of aliphatic carboxylic acids is 1. The zero-order valence-corrected chi connectivity index (χ0v) is 24.4. The summed E-state index contributed by atoms with van der Waals surface area (Å²) in [5.41, 5.74) is 2.53. The van der Waals surface area contributed by atoms with Crippen LogP contribution in [0.4, 0.5) is 5.95 Å². The van der Waals surface area contributed by atoms with Gasteiger partial charge in [-0.1, -0.05) is 30.6 Å². The van der Waals surface area contributed by atoms with Gasteiger partial charge in [0.1, 0.15) is 0 Å². The Kier molecular flexibility index (Phi) is 9.83. The fourth-order valence-electron chi connectivity index (χ4n) is 6.23. The van der Waals surface area contributed by atoms with Gasteiger partial charge in [-0.25, -0.2) is 15.0 Å². The highest BCUT2D eigenvalue weighted by molar-refractivity contribution is 6.35. The summed E-state index contributed by atoms with van der Waals surface area (Å²) in [6.45, 7) is 6.53. The molecule has 1 unspecified atom stereocenters. The average molecular weight is 614 g/mol. The van der Waals surface area contributed by atoms with Crippen molar-refractivity contribution >= 4 is 35.1 Å². The number of pyridine rings is 1. The maximum Gasteiger partial charge on any atom is 0.303 e. The van der Waals surface area contributed by atoms with Gasteiger partial charge in [0.25, 0.3) is 0 Å². The fraction of sp³-hybridized carbons (Fsp3) is 0.484. The molecule has 3 aliphatic heterocycles. The third kappa shape index (κ3) is 7.50. The van der Waals surface area contributed by atoms with E-state index in [9.17, 15) is 4.79 Å². The van der Waals surface area contributed by atoms with Crippen LogP contribution in [0.1, 0.15) is 45.1 Å². The Morgan fingerprint density at radius 3 is 2.40 bits per heavy atom. The number of hydrogen-bond donors (Lipinski definition) is 1. The van der Waals surface area contributed by atoms with Crippen molar-refractivity contribution in [2.24, 2.45) is 5.92 Å². The molecule has 0 bridgehead atoms. The SMILES string of the molecule is C.O=C(O)CC1CCN(Cc2cc(Oc3cnc(N4CCN5CCCC5C4)nc3)nc(-c3cc(Cl)cc(Cl)c3)c2)CC1. The van der Waals surface area contributed by atoms with Gasteiger partial charge in [0, 0.05) is 60.3 Å². The molecular weight excluding hydrogens is 575 g/mol. The second-order valence-corrected chi connectivity index (χ2v) is 12.1. The molecule has 9 nitrogen and oxygen atoms in total. The van der Waals surface area contributed by atoms with Gasteiger partial charge >= 0.3 is 5.97 Å². The van der Waals surface area contributed by atoms with Gasteiger partial charge in [-0.2, -0.15) is 0 Å². The molecule has 0 amide bonds. The minimum atomic E-state index is -0.724. The standard InChI is InChI=1S/C30H34Cl2N6O3.CH4/c31-23-13-22(14-24(32)15-23)27-10-21(18-36-6-3-20(4-7-36)12-29(39)40)11-28(35-27)41-26-16-33-30(34-17-26)38-9-8-37-5-1-2-25(37)19-38;/h10-11,13-17,20,25H,1-9,12,18-19H2,(H,39,40);1H4. The van der Waals surface area contributed by atoms with E-state index in [-0.39, 0.29) is 19.8 Å². The second-order valence-electron chi connectivity index (χ2n) is 11.3. The van der Waals surface area contributed by atoms with E-state index >= 15 is 0 Å². The van der Waals surface area contributed by atoms with Crippen molar-refractivity contribution in [2.45, 2.75) is 52.1 Å². The van der Waals surface area contributed by atoms with Crippen molar-refractivity contribution in [1.29, 1.82) is 0 Å². The van der Waals surface area contributed by atoms with E-state index in [1.54, 1.807) is 18.5 Å². The molecular formula is C31H38Cl2N6O3. The first-order chi connectivity index (χ1) is 19.9. The lowest BCUT2D eigenvalue weighted by Crippen LogP contribution is -2.50. The molecule has 3 saturated heterocycles. The molecule has 1 atom stereocenters. The topological polar surface area (TPSA) is 94.9 Å². The summed E-state index contributed by atoms with van der Waals surface area (Å²) in [6, 6.07) is 9.93. The normalized spacial score (nSPS) is 19.8. The fourth-order valence-corrected chi connectivity index (χ4v) is 6.75. The Balaban J connectivity index is 0.00000353. The van der Waals surface area contributed by atoms with Gasteiger partial charge in [-0.05, 0) is 81.1 Å². The molecule has 42 heavy (non-hydrogen) atoms. The number of carbonyl (C=O) groups is 1. The first-order valence-corrected chi connectivity index (χ1v) is 15.0. The number of piperidine rings is 1. The Bertz CT molecular complexity index is 1360. The predicted molar refractivity (Wildman–Crippen MR) is 166 cm³/mol. The third-order valence-corrected chi connectivity index (χ3v) is 8.74. The molecule has 0 saturated carbocycles. The quantitative estimate of drug-likeness (QED) is 0.317. The first kappa shape index (κ1) is 30.5. The zero-order chi connectivity index (χ0) is 28.3. The molecule has 11 heteroatoms. The molecule has 2 aromatic heterocycles. The van der Waals surface area contributed by atoms with Crippen LogP contribution in [0, 0.1) is 5.92 Å². The third-order valence-electron chi connectivity index (χ3n) is 8.30. The average Bonchev–Trinajstić information content (AvgIpc) is 3.42. The predicted octanol–water partition coefficient (Wildman–Crippen LogP) is 6.24. The Hall–Kier alpha value is -2.98. The summed E-state index contributed by atoms with van der Waals surface area (Å²) >= 11 is 12.6. The Labute approximate surface area is 257 Å². The highest BCUT2D eigenvalue weighted by atomic mass is 35.5. The number of carboxylic acids is 1. The van der Waals surface area contributed by atoms with E-state index in [0.717, 1.165) is 62.6 Å². The Morgan fingerprint density at radius 2 is 1.69 bits per heavy atom. The van der Waals surface area contributed by atoms with Crippen LogP contribution in [-0.2, 0) is 11.3 Å². The van der Waals surface area contributed by atoms with E-state index in [1.165, 1.54) is 19.4 Å². The number of halogens is 2. The van der Waals surface area contributed by atoms with Gasteiger partial charge in [0.05, 0.1) is 18.1 Å². The maximum atomic E-state index is 11.1. The van der Waals surface area contributed by atoms with Crippen LogP contribution in [0.15, 0.2) is 42.7 Å². The summed E-state index contributed by atoms with van der Waals surface area (Å²) in [6.07, 6.45) is 7.90. The molecule has 3 aliphatic rings. The van der Waals surface area contributed by atoms with Gasteiger partial charge < -0.3 is 14.7 Å². The summed E-state index contributed by atoms with van der Waals surface area (Å²) in [7, 11) is 0. The van der Waals surface area contributed by atoms with Crippen molar-refractivity contribution in [3.05, 3.63) is 58.3 Å². The number of nitrogens with zero attached hydrogens (tertiary/aromatic N) is 6. The number of fused-ring (bicyclic) bond motifs is 1. The van der Waals surface area contributed by atoms with Crippen LogP contribution in [0.5, 0.6) is 11.6 Å². The van der Waals surface area contributed by atoms with Crippen LogP contribution in [-0.4, -0.2) is 81.1 Å². The van der Waals surface area contributed by atoms with Gasteiger partial charge in [0.2, 0.25) is 11.8 Å². The smallest absolute Gasteiger partial charge is 0.303 e. The van der Waals surface area contributed by atoms with Crippen molar-refractivity contribution in [3.8, 4) is 22.9 Å². The van der Waals surface area contributed by atoms with Gasteiger partial charge in [0.15, 0.2) is 5.75 Å². The molecule has 0 spiro atoms. The van der Waals surface area contributed by atoms with E-state index in [1.807, 2.05) is 24.3 Å². The first-order valence-electron chi connectivity index (χ1n) is 14.3. The summed E-state index contributed by atoms with van der Waals surface area (Å²) in [4.78, 5) is 32.3. The molecule has 1 N–H and O–H groups in total. The van der Waals surface area contributed by atoms with E-state index in [4.69, 9.17) is 38.0 Å². The minimum absolute atomic E-state index is 0. The number of benzene rings is 1. The molecule has 5 heterocycles. The summed E-state index contributed by atoms with van der Waals surface area (Å²) < 4.78 is 6.19. The molecule has 0 radical (unpaired) electrons. The number of ether oxygens (including phenoxy) is 1. The second kappa shape index (κ2) is 13.5. The van der Waals surface area contributed by atoms with Gasteiger partial charge in [-0.3, -0.25) is 14.6 Å². The molecule has 3 aromatic rings. The minimum Gasteiger partial charge on any atom is -0.481 e. The van der Waals surface area contributed by atoms with Gasteiger partial charge in [-0.15, -0.1) is 0 Å². The van der Waals surface area contributed by atoms with Crippen LogP contribution >= 0.6 is 23.2 Å². The number of hydrogen-bond acceptors (Lipinski definition) is 8. The number of anilines is 1. The van der Waals surface area contributed by atoms with E-state index in [0.29, 0.717) is 40.0 Å². The molecule has 6 rings (SSSR count). The number of rotatable bonds is 8. The maximum absolute atomic E-state index is 11.1. The number of carboxylic acid groups (broad SMARTS) is 1. The van der Waals surface area contributed by atoms with E-state index < -0.39 is 5.97 Å². The van der Waals surface area contributed by atoms with Crippen molar-refractivity contribution < 1.29 is 14.6 Å².